The van der Waals surface area contributed by atoms with Crippen molar-refractivity contribution < 1.29 is 9.84 Å². The molecule has 0 amide bonds. The minimum atomic E-state index is -0.435. The molecule has 0 aliphatic carbocycles. The van der Waals surface area contributed by atoms with Crippen molar-refractivity contribution in [2.45, 2.75) is 45.3 Å². The van der Waals surface area contributed by atoms with Gasteiger partial charge in [0.05, 0.1) is 11.6 Å². The first-order valence-electron chi connectivity index (χ1n) is 9.19. The molecule has 2 aromatic carbocycles. The number of fused-ring (bicyclic) bond motifs is 1. The highest BCUT2D eigenvalue weighted by Crippen LogP contribution is 2.24. The first kappa shape index (κ1) is 18.2. The predicted octanol–water partition coefficient (Wildman–Crippen LogP) is 4.72. The number of ether oxygens (including phenoxy) is 1. The van der Waals surface area contributed by atoms with Gasteiger partial charge in [-0.25, -0.2) is 0 Å². The number of aliphatic hydroxyl groups excluding tert-OH is 1. The van der Waals surface area contributed by atoms with Gasteiger partial charge >= 0.3 is 0 Å². The van der Waals surface area contributed by atoms with Crippen molar-refractivity contribution >= 4 is 10.9 Å². The van der Waals surface area contributed by atoms with Gasteiger partial charge in [-0.1, -0.05) is 56.5 Å². The van der Waals surface area contributed by atoms with E-state index in [4.69, 9.17) is 4.74 Å². The monoisotopic (exact) mass is 351 g/mol. The molecule has 136 valence electrons. The Morgan fingerprint density at radius 3 is 2.77 bits per heavy atom. The first-order chi connectivity index (χ1) is 12.7. The van der Waals surface area contributed by atoms with E-state index in [1.165, 1.54) is 6.07 Å². The maximum Gasteiger partial charge on any atom is 0.248 e. The van der Waals surface area contributed by atoms with E-state index >= 15 is 0 Å². The number of hydrogen-bond donors (Lipinski definition) is 2. The molecule has 26 heavy (non-hydrogen) atoms. The number of unbranched alkanes of at least 4 members (excludes halogenated alkanes) is 2. The van der Waals surface area contributed by atoms with Crippen LogP contribution in [-0.4, -0.2) is 10.1 Å². The summed E-state index contributed by atoms with van der Waals surface area (Å²) in [6, 6.07) is 16.9. The molecule has 4 heteroatoms. The van der Waals surface area contributed by atoms with Crippen LogP contribution in [0.1, 0.15) is 49.8 Å². The molecule has 4 nitrogen and oxygen atoms in total. The minimum Gasteiger partial charge on any atom is -0.487 e. The number of para-hydroxylation sites is 1. The zero-order chi connectivity index (χ0) is 18.4. The number of pyridine rings is 1. The summed E-state index contributed by atoms with van der Waals surface area (Å²) in [5, 5.41) is 11.3. The molecule has 3 aromatic rings. The Bertz CT molecular complexity index is 916. The second-order valence-corrected chi connectivity index (χ2v) is 6.59. The second kappa shape index (κ2) is 8.68. The predicted molar refractivity (Wildman–Crippen MR) is 104 cm³/mol. The number of aromatic amines is 1. The van der Waals surface area contributed by atoms with Crippen molar-refractivity contribution in [2.75, 3.05) is 0 Å². The van der Waals surface area contributed by atoms with E-state index in [1.807, 2.05) is 42.5 Å². The Morgan fingerprint density at radius 1 is 1.08 bits per heavy atom. The van der Waals surface area contributed by atoms with Gasteiger partial charge in [0, 0.05) is 11.5 Å². The van der Waals surface area contributed by atoms with Gasteiger partial charge in [0.2, 0.25) is 5.56 Å². The first-order valence-corrected chi connectivity index (χ1v) is 9.19. The fourth-order valence-electron chi connectivity index (χ4n) is 3.08. The summed E-state index contributed by atoms with van der Waals surface area (Å²) in [7, 11) is 0. The molecule has 1 aromatic heterocycles. The molecule has 0 bridgehead atoms. The van der Waals surface area contributed by atoms with Gasteiger partial charge in [-0.05, 0) is 35.7 Å². The smallest absolute Gasteiger partial charge is 0.248 e. The van der Waals surface area contributed by atoms with Crippen LogP contribution in [0, 0.1) is 0 Å². The average molecular weight is 351 g/mol. The van der Waals surface area contributed by atoms with Crippen LogP contribution in [0.2, 0.25) is 0 Å². The molecule has 0 saturated carbocycles. The van der Waals surface area contributed by atoms with Gasteiger partial charge < -0.3 is 14.8 Å². The SMILES string of the molecule is CCCCCC(O)c1cccc(COc2cccc3ccc(=O)[nH]c23)c1. The summed E-state index contributed by atoms with van der Waals surface area (Å²) in [5.74, 6) is 0.647. The van der Waals surface area contributed by atoms with Crippen LogP contribution >= 0.6 is 0 Å². The van der Waals surface area contributed by atoms with Crippen molar-refractivity contribution in [3.05, 3.63) is 76.1 Å². The van der Waals surface area contributed by atoms with Gasteiger partial charge in [-0.2, -0.15) is 0 Å². The normalized spacial score (nSPS) is 12.2. The second-order valence-electron chi connectivity index (χ2n) is 6.59. The molecule has 0 saturated heterocycles. The summed E-state index contributed by atoms with van der Waals surface area (Å²) < 4.78 is 5.94. The average Bonchev–Trinajstić information content (AvgIpc) is 2.66. The van der Waals surface area contributed by atoms with Gasteiger partial charge in [0.15, 0.2) is 0 Å². The van der Waals surface area contributed by atoms with E-state index in [0.29, 0.717) is 17.9 Å². The molecule has 0 aliphatic rings. The number of aliphatic hydroxyl groups is 1. The highest BCUT2D eigenvalue weighted by atomic mass is 16.5. The Morgan fingerprint density at radius 2 is 1.92 bits per heavy atom. The molecule has 0 radical (unpaired) electrons. The lowest BCUT2D eigenvalue weighted by Gasteiger charge is -2.13. The van der Waals surface area contributed by atoms with E-state index in [0.717, 1.165) is 42.2 Å². The quantitative estimate of drug-likeness (QED) is 0.577. The number of aromatic nitrogens is 1. The number of H-pyrrole nitrogens is 1. The molecule has 1 unspecified atom stereocenters. The maximum atomic E-state index is 11.6. The molecule has 2 N–H and O–H groups in total. The fraction of sp³-hybridized carbons (Fsp3) is 0.318. The van der Waals surface area contributed by atoms with E-state index in [9.17, 15) is 9.90 Å². The van der Waals surface area contributed by atoms with E-state index in [2.05, 4.69) is 11.9 Å². The van der Waals surface area contributed by atoms with Crippen molar-refractivity contribution in [2.24, 2.45) is 0 Å². The van der Waals surface area contributed by atoms with Gasteiger partial charge in [0.1, 0.15) is 12.4 Å². The Labute approximate surface area is 153 Å². The highest BCUT2D eigenvalue weighted by Gasteiger charge is 2.09. The Balaban J connectivity index is 1.71. The Hall–Kier alpha value is -2.59. The van der Waals surface area contributed by atoms with Crippen molar-refractivity contribution in [3.8, 4) is 5.75 Å². The van der Waals surface area contributed by atoms with E-state index in [-0.39, 0.29) is 5.56 Å². The van der Waals surface area contributed by atoms with Gasteiger partial charge in [-0.3, -0.25) is 4.79 Å². The van der Waals surface area contributed by atoms with Crippen molar-refractivity contribution in [3.63, 3.8) is 0 Å². The summed E-state index contributed by atoms with van der Waals surface area (Å²) >= 11 is 0. The topological polar surface area (TPSA) is 62.3 Å². The molecule has 0 spiro atoms. The molecule has 0 fully saturated rings. The fourth-order valence-corrected chi connectivity index (χ4v) is 3.08. The maximum absolute atomic E-state index is 11.6. The molecular formula is C22H25NO3. The lowest BCUT2D eigenvalue weighted by atomic mass is 10.0. The van der Waals surface area contributed by atoms with Crippen LogP contribution in [0.25, 0.3) is 10.9 Å². The summed E-state index contributed by atoms with van der Waals surface area (Å²) in [6.07, 6.45) is 3.66. The number of benzene rings is 2. The molecule has 1 heterocycles. The minimum absolute atomic E-state index is 0.147. The Kier molecular flexibility index (Phi) is 6.08. The summed E-state index contributed by atoms with van der Waals surface area (Å²) in [4.78, 5) is 14.4. The van der Waals surface area contributed by atoms with Crippen LogP contribution < -0.4 is 10.3 Å². The molecule has 1 atom stereocenters. The third-order valence-corrected chi connectivity index (χ3v) is 4.53. The summed E-state index contributed by atoms with van der Waals surface area (Å²) in [6.45, 7) is 2.54. The molecular weight excluding hydrogens is 326 g/mol. The standard InChI is InChI=1S/C22H25NO3/c1-2-3-4-10-19(24)18-9-5-7-16(14-18)15-26-20-11-6-8-17-12-13-21(25)23-22(17)20/h5-9,11-14,19,24H,2-4,10,15H2,1H3,(H,23,25). The largest absolute Gasteiger partial charge is 0.487 e. The third kappa shape index (κ3) is 4.52. The van der Waals surface area contributed by atoms with Crippen LogP contribution in [-0.2, 0) is 6.61 Å². The molecule has 0 aliphatic heterocycles. The van der Waals surface area contributed by atoms with Crippen LogP contribution in [0.4, 0.5) is 0 Å². The highest BCUT2D eigenvalue weighted by molar-refractivity contribution is 5.84. The van der Waals surface area contributed by atoms with Gasteiger partial charge in [-0.15, -0.1) is 0 Å². The van der Waals surface area contributed by atoms with Crippen LogP contribution in [0.15, 0.2) is 59.4 Å². The number of rotatable bonds is 8. The summed E-state index contributed by atoms with van der Waals surface area (Å²) in [5.41, 5.74) is 2.47. The van der Waals surface area contributed by atoms with Crippen LogP contribution in [0.5, 0.6) is 5.75 Å². The molecule has 3 rings (SSSR count). The van der Waals surface area contributed by atoms with Gasteiger partial charge in [0.25, 0.3) is 0 Å². The van der Waals surface area contributed by atoms with E-state index in [1.54, 1.807) is 6.07 Å². The number of nitrogens with one attached hydrogen (secondary N) is 1. The zero-order valence-corrected chi connectivity index (χ0v) is 15.1. The lowest BCUT2D eigenvalue weighted by Crippen LogP contribution is -2.05. The zero-order valence-electron chi connectivity index (χ0n) is 15.1. The lowest BCUT2D eigenvalue weighted by molar-refractivity contribution is 0.163. The van der Waals surface area contributed by atoms with Crippen molar-refractivity contribution in [1.82, 2.24) is 4.98 Å². The number of hydrogen-bond acceptors (Lipinski definition) is 3. The van der Waals surface area contributed by atoms with E-state index < -0.39 is 6.10 Å². The third-order valence-electron chi connectivity index (χ3n) is 4.53. The van der Waals surface area contributed by atoms with Crippen molar-refractivity contribution in [1.29, 1.82) is 0 Å². The van der Waals surface area contributed by atoms with Crippen LogP contribution in [0.3, 0.4) is 0 Å².